The minimum Gasteiger partial charge on any atom is -0.483 e. The molecular formula is C18H15BrN2O3. The highest BCUT2D eigenvalue weighted by Gasteiger charge is 2.11. The van der Waals surface area contributed by atoms with Crippen LogP contribution in [-0.4, -0.2) is 24.6 Å². The fraction of sp³-hybridized carbons (Fsp3) is 0.111. The Hall–Kier alpha value is -2.60. The maximum Gasteiger partial charge on any atom is 0.262 e. The van der Waals surface area contributed by atoms with Crippen molar-refractivity contribution in [1.29, 1.82) is 0 Å². The summed E-state index contributed by atoms with van der Waals surface area (Å²) in [6, 6.07) is 15.2. The fourth-order valence-corrected chi connectivity index (χ4v) is 2.91. The van der Waals surface area contributed by atoms with Gasteiger partial charge in [-0.15, -0.1) is 0 Å². The number of amides is 1. The van der Waals surface area contributed by atoms with Crippen LogP contribution in [0.2, 0.25) is 0 Å². The number of carbonyl (C=O) groups is 1. The average Bonchev–Trinajstić information content (AvgIpc) is 2.62. The molecule has 3 rings (SSSR count). The number of benzene rings is 2. The Kier molecular flexibility index (Phi) is 4.96. The highest BCUT2D eigenvalue weighted by Crippen LogP contribution is 2.33. The molecule has 0 aliphatic heterocycles. The highest BCUT2D eigenvalue weighted by molar-refractivity contribution is 9.10. The molecule has 1 N–H and O–H groups in total. The van der Waals surface area contributed by atoms with E-state index in [1.165, 1.54) is 7.11 Å². The van der Waals surface area contributed by atoms with Crippen LogP contribution in [0.15, 0.2) is 59.2 Å². The lowest BCUT2D eigenvalue weighted by Crippen LogP contribution is -2.20. The van der Waals surface area contributed by atoms with Crippen molar-refractivity contribution < 1.29 is 14.3 Å². The summed E-state index contributed by atoms with van der Waals surface area (Å²) in [5, 5.41) is 4.85. The molecule has 0 radical (unpaired) electrons. The van der Waals surface area contributed by atoms with Crippen LogP contribution in [0, 0.1) is 0 Å². The number of halogens is 1. The number of carbonyl (C=O) groups excluding carboxylic acids is 1. The molecule has 0 saturated carbocycles. The van der Waals surface area contributed by atoms with E-state index in [1.54, 1.807) is 18.3 Å². The fourth-order valence-electron chi connectivity index (χ4n) is 2.30. The molecule has 0 saturated heterocycles. The van der Waals surface area contributed by atoms with E-state index in [2.05, 4.69) is 26.2 Å². The van der Waals surface area contributed by atoms with Crippen LogP contribution >= 0.6 is 15.9 Å². The van der Waals surface area contributed by atoms with Gasteiger partial charge in [-0.1, -0.05) is 30.3 Å². The van der Waals surface area contributed by atoms with Crippen LogP contribution in [0.1, 0.15) is 0 Å². The number of ether oxygens (including phenoxy) is 2. The molecule has 1 aromatic heterocycles. The van der Waals surface area contributed by atoms with Crippen molar-refractivity contribution in [2.24, 2.45) is 0 Å². The van der Waals surface area contributed by atoms with Gasteiger partial charge in [0.1, 0.15) is 11.4 Å². The molecule has 0 aliphatic carbocycles. The van der Waals surface area contributed by atoms with Gasteiger partial charge in [-0.3, -0.25) is 4.79 Å². The number of hydrogen-bond acceptors (Lipinski definition) is 4. The van der Waals surface area contributed by atoms with Crippen LogP contribution in [0.3, 0.4) is 0 Å². The monoisotopic (exact) mass is 386 g/mol. The van der Waals surface area contributed by atoms with E-state index >= 15 is 0 Å². The number of fused-ring (bicyclic) bond motifs is 1. The lowest BCUT2D eigenvalue weighted by atomic mass is 10.1. The van der Waals surface area contributed by atoms with E-state index in [4.69, 9.17) is 9.47 Å². The van der Waals surface area contributed by atoms with Crippen LogP contribution in [-0.2, 0) is 4.79 Å². The molecule has 0 fully saturated rings. The Morgan fingerprint density at radius 1 is 1.17 bits per heavy atom. The lowest BCUT2D eigenvalue weighted by Gasteiger charge is -2.11. The third-order valence-electron chi connectivity index (χ3n) is 3.43. The van der Waals surface area contributed by atoms with E-state index < -0.39 is 0 Å². The molecule has 6 heteroatoms. The van der Waals surface area contributed by atoms with Gasteiger partial charge in [0.2, 0.25) is 5.88 Å². The molecule has 5 nitrogen and oxygen atoms in total. The minimum atomic E-state index is -0.290. The normalized spacial score (nSPS) is 10.4. The molecule has 1 amide bonds. The van der Waals surface area contributed by atoms with Gasteiger partial charge in [-0.05, 0) is 44.9 Å². The molecule has 0 bridgehead atoms. The number of pyridine rings is 1. The molecule has 0 unspecified atom stereocenters. The maximum absolute atomic E-state index is 12.1. The van der Waals surface area contributed by atoms with Crippen molar-refractivity contribution in [3.8, 4) is 11.6 Å². The van der Waals surface area contributed by atoms with Crippen LogP contribution in [0.5, 0.6) is 11.6 Å². The van der Waals surface area contributed by atoms with E-state index in [1.807, 2.05) is 36.4 Å². The van der Waals surface area contributed by atoms with E-state index in [9.17, 15) is 4.79 Å². The minimum absolute atomic E-state index is 0.116. The van der Waals surface area contributed by atoms with Crippen molar-refractivity contribution in [1.82, 2.24) is 4.98 Å². The van der Waals surface area contributed by atoms with E-state index in [-0.39, 0.29) is 12.5 Å². The SMILES string of the molecule is COc1ncccc1NC(=O)COc1ccc2ccccc2c1Br. The van der Waals surface area contributed by atoms with Crippen molar-refractivity contribution in [3.63, 3.8) is 0 Å². The zero-order valence-electron chi connectivity index (χ0n) is 13.0. The number of aromatic nitrogens is 1. The first-order chi connectivity index (χ1) is 11.7. The first-order valence-electron chi connectivity index (χ1n) is 7.28. The molecule has 0 atom stereocenters. The predicted octanol–water partition coefficient (Wildman–Crippen LogP) is 4.02. The van der Waals surface area contributed by atoms with E-state index in [0.717, 1.165) is 15.2 Å². The molecule has 122 valence electrons. The number of anilines is 1. The quantitative estimate of drug-likeness (QED) is 0.719. The molecular weight excluding hydrogens is 372 g/mol. The van der Waals surface area contributed by atoms with Gasteiger partial charge < -0.3 is 14.8 Å². The predicted molar refractivity (Wildman–Crippen MR) is 96.6 cm³/mol. The second-order valence-corrected chi connectivity index (χ2v) is 5.79. The van der Waals surface area contributed by atoms with Crippen molar-refractivity contribution in [2.75, 3.05) is 19.0 Å². The summed E-state index contributed by atoms with van der Waals surface area (Å²) in [6.45, 7) is -0.116. The zero-order valence-corrected chi connectivity index (χ0v) is 14.5. The van der Waals surface area contributed by atoms with Gasteiger partial charge in [0.15, 0.2) is 6.61 Å². The molecule has 3 aromatic rings. The average molecular weight is 387 g/mol. The number of methoxy groups -OCH3 is 1. The number of rotatable bonds is 5. The highest BCUT2D eigenvalue weighted by atomic mass is 79.9. The summed E-state index contributed by atoms with van der Waals surface area (Å²) in [5.74, 6) is 0.682. The third kappa shape index (κ3) is 3.49. The largest absolute Gasteiger partial charge is 0.483 e. The Bertz CT molecular complexity index is 883. The van der Waals surface area contributed by atoms with Gasteiger partial charge in [0.05, 0.1) is 11.6 Å². The van der Waals surface area contributed by atoms with Crippen molar-refractivity contribution in [2.45, 2.75) is 0 Å². The summed E-state index contributed by atoms with van der Waals surface area (Å²) in [6.07, 6.45) is 1.59. The van der Waals surface area contributed by atoms with Crippen molar-refractivity contribution >= 4 is 38.3 Å². The molecule has 1 heterocycles. The first-order valence-corrected chi connectivity index (χ1v) is 8.07. The third-order valence-corrected chi connectivity index (χ3v) is 4.24. The molecule has 0 aliphatic rings. The zero-order chi connectivity index (χ0) is 16.9. The van der Waals surface area contributed by atoms with Gasteiger partial charge in [0.25, 0.3) is 5.91 Å². The standard InChI is InChI=1S/C18H15BrN2O3/c1-23-18-14(7-4-10-20-18)21-16(22)11-24-15-9-8-12-5-2-3-6-13(12)17(15)19/h2-10H,11H2,1H3,(H,21,22). The summed E-state index contributed by atoms with van der Waals surface area (Å²) in [5.41, 5.74) is 0.506. The number of hydrogen-bond donors (Lipinski definition) is 1. The summed E-state index contributed by atoms with van der Waals surface area (Å²) < 4.78 is 11.6. The summed E-state index contributed by atoms with van der Waals surface area (Å²) in [4.78, 5) is 16.1. The van der Waals surface area contributed by atoms with Crippen LogP contribution < -0.4 is 14.8 Å². The number of nitrogens with one attached hydrogen (secondary N) is 1. The lowest BCUT2D eigenvalue weighted by molar-refractivity contribution is -0.118. The Labute approximate surface area is 147 Å². The molecule has 2 aromatic carbocycles. The van der Waals surface area contributed by atoms with Gasteiger partial charge in [-0.2, -0.15) is 0 Å². The molecule has 0 spiro atoms. The smallest absolute Gasteiger partial charge is 0.262 e. The Morgan fingerprint density at radius 3 is 2.83 bits per heavy atom. The summed E-state index contributed by atoms with van der Waals surface area (Å²) in [7, 11) is 1.50. The van der Waals surface area contributed by atoms with Gasteiger partial charge >= 0.3 is 0 Å². The second-order valence-electron chi connectivity index (χ2n) is 5.00. The van der Waals surface area contributed by atoms with E-state index in [0.29, 0.717) is 17.3 Å². The first kappa shape index (κ1) is 16.3. The van der Waals surface area contributed by atoms with Gasteiger partial charge in [0, 0.05) is 6.20 Å². The topological polar surface area (TPSA) is 60.5 Å². The maximum atomic E-state index is 12.1. The second kappa shape index (κ2) is 7.31. The Balaban J connectivity index is 1.69. The van der Waals surface area contributed by atoms with Crippen molar-refractivity contribution in [3.05, 3.63) is 59.2 Å². The van der Waals surface area contributed by atoms with Crippen LogP contribution in [0.25, 0.3) is 10.8 Å². The van der Waals surface area contributed by atoms with Gasteiger partial charge in [-0.25, -0.2) is 4.98 Å². The summed E-state index contributed by atoms with van der Waals surface area (Å²) >= 11 is 3.53. The van der Waals surface area contributed by atoms with Crippen LogP contribution in [0.4, 0.5) is 5.69 Å². The Morgan fingerprint density at radius 2 is 2.00 bits per heavy atom. The number of nitrogens with zero attached hydrogens (tertiary/aromatic N) is 1. The molecule has 24 heavy (non-hydrogen) atoms.